The highest BCUT2D eigenvalue weighted by Gasteiger charge is 2.21. The smallest absolute Gasteiger partial charge is 0.232 e. The molecule has 0 atom stereocenters. The molecule has 176 valence electrons. The van der Waals surface area contributed by atoms with Gasteiger partial charge in [0.2, 0.25) is 16.0 Å². The number of hydrogen-bond donors (Lipinski definition) is 2. The van der Waals surface area contributed by atoms with E-state index in [4.69, 9.17) is 0 Å². The monoisotopic (exact) mass is 478 g/mol. The van der Waals surface area contributed by atoms with Crippen LogP contribution in [-0.2, 0) is 10.0 Å². The Labute approximate surface area is 190 Å². The van der Waals surface area contributed by atoms with Gasteiger partial charge in [-0.05, 0) is 25.6 Å². The molecule has 3 heterocycles. The van der Waals surface area contributed by atoms with Gasteiger partial charge in [-0.15, -0.1) is 0 Å². The highest BCUT2D eigenvalue weighted by molar-refractivity contribution is 7.92. The van der Waals surface area contributed by atoms with Gasteiger partial charge in [0, 0.05) is 26.2 Å². The average Bonchev–Trinajstić information content (AvgIpc) is 2.79. The minimum Gasteiger partial charge on any atom is -0.338 e. The molecule has 33 heavy (non-hydrogen) atoms. The van der Waals surface area contributed by atoms with E-state index in [-0.39, 0.29) is 22.8 Å². The predicted octanol–water partition coefficient (Wildman–Crippen LogP) is 2.35. The summed E-state index contributed by atoms with van der Waals surface area (Å²) in [5.41, 5.74) is -0.229. The Morgan fingerprint density at radius 2 is 1.85 bits per heavy atom. The third-order valence-electron chi connectivity index (χ3n) is 5.22. The van der Waals surface area contributed by atoms with Gasteiger partial charge in [-0.2, -0.15) is 0 Å². The number of benzene rings is 1. The fourth-order valence-electron chi connectivity index (χ4n) is 3.45. The maximum atomic E-state index is 15.1. The average molecular weight is 479 g/mol. The molecule has 2 N–H and O–H groups in total. The third kappa shape index (κ3) is 5.09. The molecule has 1 saturated heterocycles. The van der Waals surface area contributed by atoms with E-state index >= 15 is 4.39 Å². The summed E-state index contributed by atoms with van der Waals surface area (Å²) < 4.78 is 55.9. The Morgan fingerprint density at radius 3 is 2.58 bits per heavy atom. The lowest BCUT2D eigenvalue weighted by atomic mass is 10.2. The van der Waals surface area contributed by atoms with Crippen LogP contribution in [-0.4, -0.2) is 72.2 Å². The van der Waals surface area contributed by atoms with Crippen LogP contribution in [0.5, 0.6) is 0 Å². The zero-order valence-electron chi connectivity index (χ0n) is 18.2. The largest absolute Gasteiger partial charge is 0.338 e. The van der Waals surface area contributed by atoms with Crippen molar-refractivity contribution < 1.29 is 17.2 Å². The summed E-state index contributed by atoms with van der Waals surface area (Å²) in [5, 5.41) is 2.63. The van der Waals surface area contributed by atoms with E-state index in [0.29, 0.717) is 17.9 Å². The summed E-state index contributed by atoms with van der Waals surface area (Å²) in [6.45, 7) is 4.87. The number of halogens is 2. The molecule has 0 spiro atoms. The van der Waals surface area contributed by atoms with Crippen molar-refractivity contribution in [2.24, 2.45) is 0 Å². The number of hydrogen-bond acceptors (Lipinski definition) is 9. The minimum absolute atomic E-state index is 0.0733. The van der Waals surface area contributed by atoms with Crippen molar-refractivity contribution in [3.63, 3.8) is 0 Å². The zero-order chi connectivity index (χ0) is 23.6. The van der Waals surface area contributed by atoms with Crippen molar-refractivity contribution >= 4 is 44.2 Å². The van der Waals surface area contributed by atoms with Crippen molar-refractivity contribution in [2.75, 3.05) is 53.9 Å². The summed E-state index contributed by atoms with van der Waals surface area (Å²) in [6.07, 6.45) is 3.11. The molecule has 2 aromatic heterocycles. The molecule has 0 radical (unpaired) electrons. The first-order chi connectivity index (χ1) is 15.8. The standard InChI is InChI=1S/C20H24F2N8O2S/c1-3-10-33(31,32)28-14-5-4-13(21)17(16(14)22)26-19-18-15(24-12-25-19)11-23-20(27-18)30-8-6-29(2)7-9-30/h4-5,11-12,28H,3,6-10H2,1-2H3,(H,24,25,26). The van der Waals surface area contributed by atoms with E-state index in [2.05, 4.69) is 34.9 Å². The topological polar surface area (TPSA) is 116 Å². The summed E-state index contributed by atoms with van der Waals surface area (Å²) in [7, 11) is -1.73. The second kappa shape index (κ2) is 9.35. The molecule has 13 heteroatoms. The van der Waals surface area contributed by atoms with Gasteiger partial charge in [-0.1, -0.05) is 6.92 Å². The fraction of sp³-hybridized carbons (Fsp3) is 0.400. The van der Waals surface area contributed by atoms with Crippen LogP contribution in [0.4, 0.5) is 31.9 Å². The number of sulfonamides is 1. The Morgan fingerprint density at radius 1 is 1.09 bits per heavy atom. The van der Waals surface area contributed by atoms with E-state index in [1.54, 1.807) is 6.92 Å². The van der Waals surface area contributed by atoms with Gasteiger partial charge < -0.3 is 15.1 Å². The molecule has 4 rings (SSSR count). The van der Waals surface area contributed by atoms with Gasteiger partial charge in [0.1, 0.15) is 28.9 Å². The zero-order valence-corrected chi connectivity index (χ0v) is 19.0. The van der Waals surface area contributed by atoms with E-state index in [1.165, 1.54) is 12.5 Å². The van der Waals surface area contributed by atoms with Crippen LogP contribution >= 0.6 is 0 Å². The van der Waals surface area contributed by atoms with Crippen LogP contribution < -0.4 is 14.9 Å². The highest BCUT2D eigenvalue weighted by atomic mass is 32.2. The molecule has 0 unspecified atom stereocenters. The van der Waals surface area contributed by atoms with E-state index in [1.807, 2.05) is 11.9 Å². The quantitative estimate of drug-likeness (QED) is 0.528. The summed E-state index contributed by atoms with van der Waals surface area (Å²) in [5.74, 6) is -1.64. The second-order valence-electron chi connectivity index (χ2n) is 7.75. The van der Waals surface area contributed by atoms with Gasteiger partial charge >= 0.3 is 0 Å². The lowest BCUT2D eigenvalue weighted by Crippen LogP contribution is -2.45. The summed E-state index contributed by atoms with van der Waals surface area (Å²) in [4.78, 5) is 21.3. The lowest BCUT2D eigenvalue weighted by Gasteiger charge is -2.32. The van der Waals surface area contributed by atoms with Crippen LogP contribution in [0.25, 0.3) is 11.0 Å². The van der Waals surface area contributed by atoms with Crippen LogP contribution in [0.1, 0.15) is 13.3 Å². The van der Waals surface area contributed by atoms with Crippen LogP contribution in [0, 0.1) is 11.6 Å². The van der Waals surface area contributed by atoms with Crippen molar-refractivity contribution in [1.82, 2.24) is 24.8 Å². The highest BCUT2D eigenvalue weighted by Crippen LogP contribution is 2.31. The molecule has 0 aliphatic carbocycles. The Kier molecular flexibility index (Phi) is 6.51. The Hall–Kier alpha value is -3.19. The lowest BCUT2D eigenvalue weighted by molar-refractivity contribution is 0.311. The van der Waals surface area contributed by atoms with Crippen molar-refractivity contribution in [1.29, 1.82) is 0 Å². The first-order valence-electron chi connectivity index (χ1n) is 10.4. The van der Waals surface area contributed by atoms with Gasteiger partial charge in [-0.25, -0.2) is 37.1 Å². The van der Waals surface area contributed by atoms with Gasteiger partial charge in [0.15, 0.2) is 11.6 Å². The molecule has 3 aromatic rings. The molecule has 1 fully saturated rings. The molecular weight excluding hydrogens is 454 g/mol. The number of likely N-dealkylation sites (N-methyl/N-ethyl adjacent to an activating group) is 1. The van der Waals surface area contributed by atoms with Gasteiger partial charge in [-0.3, -0.25) is 4.72 Å². The SMILES string of the molecule is CCCS(=O)(=O)Nc1ccc(F)c(Nc2ncnc3cnc(N4CCN(C)CC4)nc23)c1F. The fourth-order valence-corrected chi connectivity index (χ4v) is 4.58. The normalized spacial score (nSPS) is 15.1. The van der Waals surface area contributed by atoms with Gasteiger partial charge in [0.05, 0.1) is 17.6 Å². The number of fused-ring (bicyclic) bond motifs is 1. The second-order valence-corrected chi connectivity index (χ2v) is 9.59. The molecular formula is C20H24F2N8O2S. The van der Waals surface area contributed by atoms with E-state index < -0.39 is 27.3 Å². The van der Waals surface area contributed by atoms with E-state index in [0.717, 1.165) is 38.3 Å². The molecule has 0 saturated carbocycles. The number of nitrogens with one attached hydrogen (secondary N) is 2. The van der Waals surface area contributed by atoms with E-state index in [9.17, 15) is 12.8 Å². The molecule has 1 aliphatic rings. The predicted molar refractivity (Wildman–Crippen MR) is 122 cm³/mol. The third-order valence-corrected chi connectivity index (χ3v) is 6.70. The maximum Gasteiger partial charge on any atom is 0.232 e. The molecule has 1 aliphatic heterocycles. The number of rotatable bonds is 7. The Bertz CT molecular complexity index is 1270. The molecule has 0 bridgehead atoms. The Balaban J connectivity index is 1.69. The first-order valence-corrected chi connectivity index (χ1v) is 12.1. The summed E-state index contributed by atoms with van der Waals surface area (Å²) in [6, 6.07) is 2.01. The minimum atomic E-state index is -3.76. The van der Waals surface area contributed by atoms with Crippen LogP contribution in [0.3, 0.4) is 0 Å². The number of aromatic nitrogens is 4. The number of nitrogens with zero attached hydrogens (tertiary/aromatic N) is 6. The summed E-state index contributed by atoms with van der Waals surface area (Å²) >= 11 is 0. The number of piperazine rings is 1. The van der Waals surface area contributed by atoms with Crippen molar-refractivity contribution in [2.45, 2.75) is 13.3 Å². The van der Waals surface area contributed by atoms with Gasteiger partial charge in [0.25, 0.3) is 0 Å². The van der Waals surface area contributed by atoms with Crippen molar-refractivity contribution in [3.8, 4) is 0 Å². The molecule has 10 nitrogen and oxygen atoms in total. The number of anilines is 4. The molecule has 0 amide bonds. The van der Waals surface area contributed by atoms with Crippen LogP contribution in [0.2, 0.25) is 0 Å². The van der Waals surface area contributed by atoms with Crippen LogP contribution in [0.15, 0.2) is 24.7 Å². The molecule has 1 aromatic carbocycles. The maximum absolute atomic E-state index is 15.1. The van der Waals surface area contributed by atoms with Crippen molar-refractivity contribution in [3.05, 3.63) is 36.3 Å². The first kappa shape index (κ1) is 23.0.